The summed E-state index contributed by atoms with van der Waals surface area (Å²) in [5.41, 5.74) is 0.113. The fourth-order valence-electron chi connectivity index (χ4n) is 1.01. The van der Waals surface area contributed by atoms with Crippen molar-refractivity contribution in [2.45, 2.75) is 6.43 Å². The van der Waals surface area contributed by atoms with E-state index in [2.05, 4.69) is 15.6 Å². The minimum Gasteiger partial charge on any atom is -0.373 e. The SMILES string of the molecule is CNc1cc(C(=O)NCC(F)F)c(Cl)cn1. The third kappa shape index (κ3) is 3.30. The number of halogens is 3. The second-order valence-electron chi connectivity index (χ2n) is 2.90. The molecule has 0 saturated carbocycles. The molecule has 4 nitrogen and oxygen atoms in total. The van der Waals surface area contributed by atoms with Crippen LogP contribution in [0, 0.1) is 0 Å². The average Bonchev–Trinajstić information content (AvgIpc) is 2.26. The Balaban J connectivity index is 2.81. The molecule has 0 fully saturated rings. The van der Waals surface area contributed by atoms with E-state index in [0.29, 0.717) is 5.82 Å². The maximum Gasteiger partial charge on any atom is 0.255 e. The van der Waals surface area contributed by atoms with E-state index in [4.69, 9.17) is 11.6 Å². The first kappa shape index (κ1) is 12.6. The van der Waals surface area contributed by atoms with Gasteiger partial charge in [0.15, 0.2) is 0 Å². The van der Waals surface area contributed by atoms with Crippen molar-refractivity contribution in [3.63, 3.8) is 0 Å². The summed E-state index contributed by atoms with van der Waals surface area (Å²) in [7, 11) is 1.62. The number of alkyl halides is 2. The van der Waals surface area contributed by atoms with Crippen LogP contribution in [-0.4, -0.2) is 30.9 Å². The number of nitrogens with zero attached hydrogens (tertiary/aromatic N) is 1. The second kappa shape index (κ2) is 5.60. The number of carbonyl (C=O) groups is 1. The zero-order chi connectivity index (χ0) is 12.1. The number of pyridine rings is 1. The van der Waals surface area contributed by atoms with Crippen LogP contribution >= 0.6 is 11.6 Å². The fraction of sp³-hybridized carbons (Fsp3) is 0.333. The molecule has 1 aromatic rings. The molecule has 0 spiro atoms. The van der Waals surface area contributed by atoms with Gasteiger partial charge in [-0.25, -0.2) is 13.8 Å². The largest absolute Gasteiger partial charge is 0.373 e. The topological polar surface area (TPSA) is 54.0 Å². The van der Waals surface area contributed by atoms with E-state index in [1.165, 1.54) is 12.3 Å². The predicted molar refractivity (Wildman–Crippen MR) is 57.1 cm³/mol. The summed E-state index contributed by atoms with van der Waals surface area (Å²) in [6.07, 6.45) is -1.31. The molecule has 2 N–H and O–H groups in total. The van der Waals surface area contributed by atoms with E-state index in [-0.39, 0.29) is 10.6 Å². The molecule has 0 bridgehead atoms. The smallest absolute Gasteiger partial charge is 0.255 e. The number of hydrogen-bond donors (Lipinski definition) is 2. The maximum atomic E-state index is 11.9. The summed E-state index contributed by atoms with van der Waals surface area (Å²) in [6, 6.07) is 1.39. The molecule has 0 atom stereocenters. The van der Waals surface area contributed by atoms with Crippen LogP contribution in [-0.2, 0) is 0 Å². The highest BCUT2D eigenvalue weighted by atomic mass is 35.5. The standard InChI is InChI=1S/C9H10ClF2N3O/c1-13-8-2-5(6(10)3-14-8)9(16)15-4-7(11)12/h2-3,7H,4H2,1H3,(H,13,14)(H,15,16). The summed E-state index contributed by atoms with van der Waals surface area (Å²) >= 11 is 5.72. The molecule has 0 radical (unpaired) electrons. The zero-order valence-corrected chi connectivity index (χ0v) is 9.18. The lowest BCUT2D eigenvalue weighted by atomic mass is 10.2. The first-order valence-electron chi connectivity index (χ1n) is 4.44. The third-order valence-electron chi connectivity index (χ3n) is 1.77. The van der Waals surface area contributed by atoms with Crippen molar-refractivity contribution in [3.8, 4) is 0 Å². The summed E-state index contributed by atoms with van der Waals surface area (Å²) in [4.78, 5) is 15.3. The minimum atomic E-state index is -2.59. The van der Waals surface area contributed by atoms with Crippen molar-refractivity contribution in [3.05, 3.63) is 22.8 Å². The van der Waals surface area contributed by atoms with Crippen molar-refractivity contribution in [2.75, 3.05) is 18.9 Å². The Hall–Kier alpha value is -1.43. The molecule has 0 aliphatic heterocycles. The van der Waals surface area contributed by atoms with Crippen LogP contribution in [0.5, 0.6) is 0 Å². The monoisotopic (exact) mass is 249 g/mol. The number of hydrogen-bond acceptors (Lipinski definition) is 3. The molecule has 0 aliphatic carbocycles. The van der Waals surface area contributed by atoms with Gasteiger partial charge in [-0.1, -0.05) is 11.6 Å². The van der Waals surface area contributed by atoms with Gasteiger partial charge in [0.25, 0.3) is 12.3 Å². The van der Waals surface area contributed by atoms with Gasteiger partial charge in [-0.2, -0.15) is 0 Å². The molecule has 16 heavy (non-hydrogen) atoms. The molecule has 1 amide bonds. The Bertz CT molecular complexity index is 387. The van der Waals surface area contributed by atoms with Crippen LogP contribution in [0.2, 0.25) is 5.02 Å². The van der Waals surface area contributed by atoms with Crippen LogP contribution in [0.3, 0.4) is 0 Å². The Labute approximate surface area is 96.0 Å². The first-order valence-corrected chi connectivity index (χ1v) is 4.82. The van der Waals surface area contributed by atoms with E-state index in [1.54, 1.807) is 7.05 Å². The molecule has 0 saturated heterocycles. The van der Waals surface area contributed by atoms with Gasteiger partial charge in [-0.15, -0.1) is 0 Å². The van der Waals surface area contributed by atoms with Crippen molar-refractivity contribution in [1.82, 2.24) is 10.3 Å². The highest BCUT2D eigenvalue weighted by Gasteiger charge is 2.13. The van der Waals surface area contributed by atoms with Crippen molar-refractivity contribution in [2.24, 2.45) is 0 Å². The van der Waals surface area contributed by atoms with Gasteiger partial charge in [0.2, 0.25) is 0 Å². The Morgan fingerprint density at radius 2 is 2.31 bits per heavy atom. The highest BCUT2D eigenvalue weighted by molar-refractivity contribution is 6.33. The number of rotatable bonds is 4. The molecular weight excluding hydrogens is 240 g/mol. The van der Waals surface area contributed by atoms with Gasteiger partial charge in [-0.3, -0.25) is 4.79 Å². The molecule has 1 aromatic heterocycles. The summed E-state index contributed by atoms with van der Waals surface area (Å²) < 4.78 is 23.8. The van der Waals surface area contributed by atoms with Crippen LogP contribution in [0.1, 0.15) is 10.4 Å². The Morgan fingerprint density at radius 1 is 1.62 bits per heavy atom. The number of carbonyl (C=O) groups excluding carboxylic acids is 1. The predicted octanol–water partition coefficient (Wildman–Crippen LogP) is 1.77. The maximum absolute atomic E-state index is 11.9. The number of nitrogens with one attached hydrogen (secondary N) is 2. The van der Waals surface area contributed by atoms with Crippen molar-refractivity contribution in [1.29, 1.82) is 0 Å². The van der Waals surface area contributed by atoms with E-state index >= 15 is 0 Å². The zero-order valence-electron chi connectivity index (χ0n) is 8.43. The van der Waals surface area contributed by atoms with Gasteiger partial charge in [0.05, 0.1) is 17.1 Å². The average molecular weight is 250 g/mol. The fourth-order valence-corrected chi connectivity index (χ4v) is 1.20. The van der Waals surface area contributed by atoms with Crippen LogP contribution in [0.4, 0.5) is 14.6 Å². The molecule has 0 aliphatic rings. The van der Waals surface area contributed by atoms with Gasteiger partial charge in [0.1, 0.15) is 5.82 Å². The molecule has 0 unspecified atom stereocenters. The number of aromatic nitrogens is 1. The lowest BCUT2D eigenvalue weighted by Crippen LogP contribution is -2.28. The lowest BCUT2D eigenvalue weighted by molar-refractivity contribution is 0.0892. The number of anilines is 1. The minimum absolute atomic E-state index is 0.113. The van der Waals surface area contributed by atoms with Crippen molar-refractivity contribution >= 4 is 23.3 Å². The van der Waals surface area contributed by atoms with E-state index in [9.17, 15) is 13.6 Å². The second-order valence-corrected chi connectivity index (χ2v) is 3.31. The summed E-state index contributed by atoms with van der Waals surface area (Å²) in [6.45, 7) is -0.702. The van der Waals surface area contributed by atoms with Crippen molar-refractivity contribution < 1.29 is 13.6 Å². The molecule has 7 heteroatoms. The van der Waals surface area contributed by atoms with Gasteiger partial charge >= 0.3 is 0 Å². The normalized spacial score (nSPS) is 10.3. The summed E-state index contributed by atoms with van der Waals surface area (Å²) in [5, 5.41) is 4.89. The van der Waals surface area contributed by atoms with E-state index < -0.39 is 18.9 Å². The van der Waals surface area contributed by atoms with Gasteiger partial charge in [0, 0.05) is 13.2 Å². The molecule has 0 aromatic carbocycles. The van der Waals surface area contributed by atoms with E-state index in [0.717, 1.165) is 0 Å². The third-order valence-corrected chi connectivity index (χ3v) is 2.07. The summed E-state index contributed by atoms with van der Waals surface area (Å²) in [5.74, 6) is -0.212. The Morgan fingerprint density at radius 3 is 2.88 bits per heavy atom. The number of amides is 1. The lowest BCUT2D eigenvalue weighted by Gasteiger charge is -2.07. The Kier molecular flexibility index (Phi) is 4.42. The molecule has 1 heterocycles. The van der Waals surface area contributed by atoms with Gasteiger partial charge < -0.3 is 10.6 Å². The van der Waals surface area contributed by atoms with Crippen LogP contribution in [0.15, 0.2) is 12.3 Å². The van der Waals surface area contributed by atoms with Crippen LogP contribution in [0.25, 0.3) is 0 Å². The molecule has 88 valence electrons. The first-order chi connectivity index (χ1) is 7.54. The highest BCUT2D eigenvalue weighted by Crippen LogP contribution is 2.17. The van der Waals surface area contributed by atoms with Gasteiger partial charge in [-0.05, 0) is 6.07 Å². The molecule has 1 rings (SSSR count). The quantitative estimate of drug-likeness (QED) is 0.855. The molecular formula is C9H10ClF2N3O. The van der Waals surface area contributed by atoms with Crippen LogP contribution < -0.4 is 10.6 Å². The van der Waals surface area contributed by atoms with E-state index in [1.807, 2.05) is 0 Å².